The molecule has 0 unspecified atom stereocenters. The summed E-state index contributed by atoms with van der Waals surface area (Å²) in [4.78, 5) is 11.6. The lowest BCUT2D eigenvalue weighted by Gasteiger charge is -2.03. The summed E-state index contributed by atoms with van der Waals surface area (Å²) in [6.07, 6.45) is 0. The first-order valence-corrected chi connectivity index (χ1v) is 7.17. The molecule has 0 atom stereocenters. The van der Waals surface area contributed by atoms with Gasteiger partial charge in [-0.25, -0.2) is 13.1 Å². The molecule has 17 heavy (non-hydrogen) atoms. The van der Waals surface area contributed by atoms with Crippen molar-refractivity contribution in [2.45, 2.75) is 4.21 Å². The third-order valence-electron chi connectivity index (χ3n) is 1.79. The minimum atomic E-state index is -3.69. The Bertz CT molecular complexity index is 535. The highest BCUT2D eigenvalue weighted by Gasteiger charge is 2.18. The normalized spacial score (nSPS) is 11.1. The number of nitrogens with one attached hydrogen (secondary N) is 2. The molecule has 0 aromatic carbocycles. The van der Waals surface area contributed by atoms with E-state index in [0.717, 1.165) is 11.3 Å². The van der Waals surface area contributed by atoms with Crippen LogP contribution in [0.2, 0.25) is 0 Å². The summed E-state index contributed by atoms with van der Waals surface area (Å²) in [5.41, 5.74) is 5.38. The van der Waals surface area contributed by atoms with E-state index in [2.05, 4.69) is 10.0 Å². The van der Waals surface area contributed by atoms with Crippen LogP contribution < -0.4 is 15.8 Å². The van der Waals surface area contributed by atoms with Crippen LogP contribution in [0.1, 0.15) is 4.88 Å². The molecule has 0 radical (unpaired) electrons. The molecule has 0 fully saturated rings. The van der Waals surface area contributed by atoms with Crippen LogP contribution in [0.5, 0.6) is 0 Å². The first kappa shape index (κ1) is 14.0. The van der Waals surface area contributed by atoms with Crippen molar-refractivity contribution in [3.8, 4) is 0 Å². The molecule has 1 aromatic rings. The number of rotatable bonds is 5. The molecule has 0 spiro atoms. The highest BCUT2D eigenvalue weighted by Crippen LogP contribution is 2.20. The lowest BCUT2D eigenvalue weighted by molar-refractivity contribution is -0.119. The third kappa shape index (κ3) is 3.73. The van der Waals surface area contributed by atoms with Crippen LogP contribution in [0.15, 0.2) is 16.3 Å². The molecule has 1 amide bonds. The minimum Gasteiger partial charge on any atom is -0.389 e. The predicted molar refractivity (Wildman–Crippen MR) is 69.5 cm³/mol. The summed E-state index contributed by atoms with van der Waals surface area (Å²) in [5.74, 6) is -0.417. The number of sulfonamides is 1. The van der Waals surface area contributed by atoms with Gasteiger partial charge in [-0.15, -0.1) is 11.3 Å². The zero-order valence-electron chi connectivity index (χ0n) is 8.89. The lowest BCUT2D eigenvalue weighted by Crippen LogP contribution is -2.34. The van der Waals surface area contributed by atoms with Crippen LogP contribution in [0.4, 0.5) is 0 Å². The average Bonchev–Trinajstić information content (AvgIpc) is 2.76. The summed E-state index contributed by atoms with van der Waals surface area (Å²) in [7, 11) is -2.26. The molecule has 0 aliphatic heterocycles. The summed E-state index contributed by atoms with van der Waals surface area (Å²) < 4.78 is 25.7. The molecule has 9 heteroatoms. The number of hydrogen-bond donors (Lipinski definition) is 3. The SMILES string of the molecule is CNC(=O)CNS(=O)(=O)c1ccc(C(N)=S)s1. The molecule has 0 saturated heterocycles. The number of nitrogens with two attached hydrogens (primary N) is 1. The number of carbonyl (C=O) groups excluding carboxylic acids is 1. The van der Waals surface area contributed by atoms with Crippen molar-refractivity contribution in [1.82, 2.24) is 10.0 Å². The Balaban J connectivity index is 2.82. The molecule has 1 aromatic heterocycles. The van der Waals surface area contributed by atoms with Gasteiger partial charge in [-0.05, 0) is 12.1 Å². The Hall–Kier alpha value is -1.03. The van der Waals surface area contributed by atoms with Gasteiger partial charge in [0.1, 0.15) is 9.20 Å². The molecular weight excluding hydrogens is 282 g/mol. The molecule has 1 heterocycles. The van der Waals surface area contributed by atoms with Gasteiger partial charge in [0.15, 0.2) is 0 Å². The average molecular weight is 293 g/mol. The van der Waals surface area contributed by atoms with Crippen molar-refractivity contribution in [3.05, 3.63) is 17.0 Å². The summed E-state index contributed by atoms with van der Waals surface area (Å²) in [6, 6.07) is 2.92. The second kappa shape index (κ2) is 5.54. The Labute approximate surface area is 108 Å². The number of thiocarbonyl (C=S) groups is 1. The van der Waals surface area contributed by atoms with Gasteiger partial charge in [0.2, 0.25) is 5.91 Å². The van der Waals surface area contributed by atoms with E-state index in [1.54, 1.807) is 0 Å². The van der Waals surface area contributed by atoms with E-state index >= 15 is 0 Å². The fourth-order valence-corrected chi connectivity index (χ4v) is 3.30. The van der Waals surface area contributed by atoms with Crippen LogP contribution in [0, 0.1) is 0 Å². The van der Waals surface area contributed by atoms with E-state index in [0.29, 0.717) is 4.88 Å². The molecule has 0 aliphatic rings. The summed E-state index contributed by atoms with van der Waals surface area (Å²) in [6.45, 7) is -0.306. The van der Waals surface area contributed by atoms with Crippen molar-refractivity contribution in [1.29, 1.82) is 0 Å². The number of amides is 1. The van der Waals surface area contributed by atoms with Crippen molar-refractivity contribution in [2.75, 3.05) is 13.6 Å². The van der Waals surface area contributed by atoms with Gasteiger partial charge in [0.05, 0.1) is 11.4 Å². The first-order valence-electron chi connectivity index (χ1n) is 4.46. The van der Waals surface area contributed by atoms with Crippen molar-refractivity contribution in [2.24, 2.45) is 5.73 Å². The molecule has 0 bridgehead atoms. The molecule has 6 nitrogen and oxygen atoms in total. The highest BCUT2D eigenvalue weighted by atomic mass is 32.2. The second-order valence-corrected chi connectivity index (χ2v) is 6.50. The van der Waals surface area contributed by atoms with Crippen molar-refractivity contribution >= 4 is 44.5 Å². The van der Waals surface area contributed by atoms with Crippen LogP contribution in [-0.2, 0) is 14.8 Å². The topological polar surface area (TPSA) is 101 Å². The molecule has 1 rings (SSSR count). The first-order chi connectivity index (χ1) is 7.86. The van der Waals surface area contributed by atoms with Gasteiger partial charge < -0.3 is 11.1 Å². The number of likely N-dealkylation sites (N-methyl/N-ethyl adjacent to an activating group) is 1. The summed E-state index contributed by atoms with van der Waals surface area (Å²) >= 11 is 5.69. The maximum atomic E-state index is 11.7. The molecule has 4 N–H and O–H groups in total. The number of hydrogen-bond acceptors (Lipinski definition) is 5. The standard InChI is InChI=1S/C8H11N3O3S3/c1-10-6(12)4-11-17(13,14)7-3-2-5(16-7)8(9)15/h2-3,11H,4H2,1H3,(H2,9,15)(H,10,12). The monoisotopic (exact) mass is 293 g/mol. The van der Waals surface area contributed by atoms with Crippen LogP contribution >= 0.6 is 23.6 Å². The fraction of sp³-hybridized carbons (Fsp3) is 0.250. The lowest BCUT2D eigenvalue weighted by atomic mass is 10.5. The van der Waals surface area contributed by atoms with Gasteiger partial charge in [0.25, 0.3) is 10.0 Å². The maximum absolute atomic E-state index is 11.7. The minimum absolute atomic E-state index is 0.0733. The van der Waals surface area contributed by atoms with E-state index in [1.807, 2.05) is 0 Å². The van der Waals surface area contributed by atoms with Crippen molar-refractivity contribution in [3.63, 3.8) is 0 Å². The highest BCUT2D eigenvalue weighted by molar-refractivity contribution is 7.91. The Morgan fingerprint density at radius 1 is 1.53 bits per heavy atom. The Morgan fingerprint density at radius 2 is 2.18 bits per heavy atom. The predicted octanol–water partition coefficient (Wildman–Crippen LogP) is -0.593. The molecule has 0 saturated carbocycles. The number of thiophene rings is 1. The quantitative estimate of drug-likeness (QED) is 0.630. The van der Waals surface area contributed by atoms with Crippen LogP contribution in [-0.4, -0.2) is 32.9 Å². The maximum Gasteiger partial charge on any atom is 0.250 e. The van der Waals surface area contributed by atoms with Crippen LogP contribution in [0.25, 0.3) is 0 Å². The largest absolute Gasteiger partial charge is 0.389 e. The third-order valence-corrected chi connectivity index (χ3v) is 5.15. The fourth-order valence-electron chi connectivity index (χ4n) is 0.917. The van der Waals surface area contributed by atoms with E-state index < -0.39 is 15.9 Å². The Morgan fingerprint density at radius 3 is 2.65 bits per heavy atom. The van der Waals surface area contributed by atoms with E-state index in [1.165, 1.54) is 19.2 Å². The number of carbonyl (C=O) groups is 1. The summed E-state index contributed by atoms with van der Waals surface area (Å²) in [5, 5.41) is 2.31. The van der Waals surface area contributed by atoms with Gasteiger partial charge in [-0.2, -0.15) is 0 Å². The van der Waals surface area contributed by atoms with Gasteiger partial charge in [-0.3, -0.25) is 4.79 Å². The van der Waals surface area contributed by atoms with Gasteiger partial charge in [0, 0.05) is 7.05 Å². The van der Waals surface area contributed by atoms with E-state index in [4.69, 9.17) is 18.0 Å². The van der Waals surface area contributed by atoms with Gasteiger partial charge >= 0.3 is 0 Å². The smallest absolute Gasteiger partial charge is 0.250 e. The Kier molecular flexibility index (Phi) is 4.57. The molecule has 94 valence electrons. The van der Waals surface area contributed by atoms with Crippen LogP contribution in [0.3, 0.4) is 0 Å². The zero-order valence-corrected chi connectivity index (χ0v) is 11.3. The van der Waals surface area contributed by atoms with E-state index in [-0.39, 0.29) is 15.7 Å². The van der Waals surface area contributed by atoms with E-state index in [9.17, 15) is 13.2 Å². The second-order valence-electron chi connectivity index (χ2n) is 2.98. The molecule has 0 aliphatic carbocycles. The van der Waals surface area contributed by atoms with Crippen molar-refractivity contribution < 1.29 is 13.2 Å². The molecular formula is C8H11N3O3S3. The van der Waals surface area contributed by atoms with Gasteiger partial charge in [-0.1, -0.05) is 12.2 Å². The zero-order chi connectivity index (χ0) is 13.1.